The summed E-state index contributed by atoms with van der Waals surface area (Å²) in [7, 11) is 3.92. The highest BCUT2D eigenvalue weighted by Gasteiger charge is 2.24. The fourth-order valence-corrected chi connectivity index (χ4v) is 2.68. The van der Waals surface area contributed by atoms with Crippen LogP contribution in [0, 0.1) is 5.92 Å². The lowest BCUT2D eigenvalue weighted by atomic mass is 10.1. The van der Waals surface area contributed by atoms with E-state index in [1.165, 1.54) is 6.42 Å². The van der Waals surface area contributed by atoms with Gasteiger partial charge in [0.2, 0.25) is 0 Å². The molecule has 0 amide bonds. The Bertz CT molecular complexity index is 548. The van der Waals surface area contributed by atoms with Crippen LogP contribution in [0.1, 0.15) is 6.42 Å². The Morgan fingerprint density at radius 3 is 3.17 bits per heavy atom. The van der Waals surface area contributed by atoms with Gasteiger partial charge >= 0.3 is 0 Å². The van der Waals surface area contributed by atoms with Crippen molar-refractivity contribution in [1.82, 2.24) is 25.1 Å². The Hall–Kier alpha value is -1.69. The van der Waals surface area contributed by atoms with Gasteiger partial charge in [-0.1, -0.05) is 0 Å². The van der Waals surface area contributed by atoms with Gasteiger partial charge in [0.25, 0.3) is 0 Å². The van der Waals surface area contributed by atoms with Crippen LogP contribution in [0.15, 0.2) is 12.5 Å². The van der Waals surface area contributed by atoms with Crippen molar-refractivity contribution in [3.8, 4) is 0 Å². The minimum atomic E-state index is 0.705. The first-order valence-corrected chi connectivity index (χ1v) is 6.32. The molecular weight excluding hydrogens is 228 g/mol. The van der Waals surface area contributed by atoms with Crippen LogP contribution in [0.2, 0.25) is 0 Å². The summed E-state index contributed by atoms with van der Waals surface area (Å²) in [5.74, 6) is 1.73. The summed E-state index contributed by atoms with van der Waals surface area (Å²) < 4.78 is 1.79. The molecule has 1 aliphatic heterocycles. The molecule has 0 radical (unpaired) electrons. The van der Waals surface area contributed by atoms with E-state index in [0.717, 1.165) is 36.5 Å². The van der Waals surface area contributed by atoms with Crippen molar-refractivity contribution in [2.24, 2.45) is 13.0 Å². The van der Waals surface area contributed by atoms with Crippen LogP contribution in [-0.4, -0.2) is 46.4 Å². The number of anilines is 1. The fraction of sp³-hybridized carbons (Fsp3) is 0.583. The third-order valence-electron chi connectivity index (χ3n) is 3.59. The second kappa shape index (κ2) is 4.53. The lowest BCUT2D eigenvalue weighted by Crippen LogP contribution is -2.25. The number of rotatable bonds is 3. The second-order valence-electron chi connectivity index (χ2n) is 4.86. The summed E-state index contributed by atoms with van der Waals surface area (Å²) in [5, 5.41) is 8.55. The molecule has 0 saturated carbocycles. The van der Waals surface area contributed by atoms with Gasteiger partial charge in [0.15, 0.2) is 5.65 Å². The molecule has 1 unspecified atom stereocenters. The molecule has 1 atom stereocenters. The molecule has 3 heterocycles. The summed E-state index contributed by atoms with van der Waals surface area (Å²) in [5.41, 5.74) is 0.900. The monoisotopic (exact) mass is 246 g/mol. The van der Waals surface area contributed by atoms with E-state index in [1.54, 1.807) is 11.0 Å². The van der Waals surface area contributed by atoms with Crippen molar-refractivity contribution in [3.63, 3.8) is 0 Å². The Kier molecular flexibility index (Phi) is 2.87. The molecule has 96 valence electrons. The summed E-state index contributed by atoms with van der Waals surface area (Å²) in [4.78, 5) is 11.1. The molecule has 0 spiro atoms. The van der Waals surface area contributed by atoms with Gasteiger partial charge in [0.1, 0.15) is 12.1 Å². The molecule has 3 rings (SSSR count). The molecule has 6 heteroatoms. The minimum absolute atomic E-state index is 0.705. The predicted molar refractivity (Wildman–Crippen MR) is 70.6 cm³/mol. The number of hydrogen-bond donors (Lipinski definition) is 1. The zero-order valence-electron chi connectivity index (χ0n) is 10.8. The summed E-state index contributed by atoms with van der Waals surface area (Å²) in [6, 6.07) is 0. The van der Waals surface area contributed by atoms with Crippen LogP contribution in [-0.2, 0) is 7.05 Å². The lowest BCUT2D eigenvalue weighted by Gasteiger charge is -2.17. The maximum Gasteiger partial charge on any atom is 0.163 e. The Morgan fingerprint density at radius 2 is 2.33 bits per heavy atom. The van der Waals surface area contributed by atoms with Crippen LogP contribution in [0.4, 0.5) is 5.82 Å². The second-order valence-corrected chi connectivity index (χ2v) is 4.86. The molecule has 2 aromatic rings. The minimum Gasteiger partial charge on any atom is -0.356 e. The molecule has 2 aromatic heterocycles. The first-order valence-electron chi connectivity index (χ1n) is 6.32. The van der Waals surface area contributed by atoms with Crippen molar-refractivity contribution >= 4 is 16.9 Å². The Morgan fingerprint density at radius 1 is 1.44 bits per heavy atom. The van der Waals surface area contributed by atoms with Crippen molar-refractivity contribution in [1.29, 1.82) is 0 Å². The average molecular weight is 246 g/mol. The van der Waals surface area contributed by atoms with Crippen LogP contribution < -0.4 is 10.2 Å². The summed E-state index contributed by atoms with van der Waals surface area (Å²) in [6.45, 7) is 3.19. The van der Waals surface area contributed by atoms with Crippen molar-refractivity contribution in [3.05, 3.63) is 12.5 Å². The zero-order chi connectivity index (χ0) is 12.5. The van der Waals surface area contributed by atoms with E-state index in [9.17, 15) is 0 Å². The summed E-state index contributed by atoms with van der Waals surface area (Å²) >= 11 is 0. The summed E-state index contributed by atoms with van der Waals surface area (Å²) in [6.07, 6.45) is 4.70. The third kappa shape index (κ3) is 1.82. The number of nitrogens with zero attached hydrogens (tertiary/aromatic N) is 5. The first-order chi connectivity index (χ1) is 8.79. The Balaban J connectivity index is 1.91. The molecular formula is C12H18N6. The highest BCUT2D eigenvalue weighted by Crippen LogP contribution is 2.27. The highest BCUT2D eigenvalue weighted by molar-refractivity contribution is 5.86. The van der Waals surface area contributed by atoms with Crippen LogP contribution in [0.5, 0.6) is 0 Å². The van der Waals surface area contributed by atoms with Gasteiger partial charge in [-0.15, -0.1) is 0 Å². The molecule has 1 aliphatic rings. The standard InChI is InChI=1S/C12H18N6/c1-13-5-9-3-4-18(7-9)12-10-6-16-17(2)11(10)14-8-15-12/h6,8-9,13H,3-5,7H2,1-2H3. The quantitative estimate of drug-likeness (QED) is 0.850. The van der Waals surface area contributed by atoms with E-state index in [1.807, 2.05) is 20.3 Å². The fourth-order valence-electron chi connectivity index (χ4n) is 2.68. The third-order valence-corrected chi connectivity index (χ3v) is 3.59. The number of nitrogens with one attached hydrogen (secondary N) is 1. The molecule has 6 nitrogen and oxygen atoms in total. The van der Waals surface area contributed by atoms with E-state index < -0.39 is 0 Å². The normalized spacial score (nSPS) is 19.9. The number of aromatic nitrogens is 4. The van der Waals surface area contributed by atoms with Crippen LogP contribution in [0.25, 0.3) is 11.0 Å². The van der Waals surface area contributed by atoms with Gasteiger partial charge in [-0.05, 0) is 25.9 Å². The number of fused-ring (bicyclic) bond motifs is 1. The highest BCUT2D eigenvalue weighted by atomic mass is 15.3. The molecule has 0 aromatic carbocycles. The topological polar surface area (TPSA) is 58.9 Å². The van der Waals surface area contributed by atoms with Gasteiger partial charge in [0, 0.05) is 20.1 Å². The molecule has 18 heavy (non-hydrogen) atoms. The van der Waals surface area contributed by atoms with Gasteiger partial charge in [0.05, 0.1) is 11.6 Å². The molecule has 1 saturated heterocycles. The molecule has 0 aliphatic carbocycles. The average Bonchev–Trinajstić information content (AvgIpc) is 2.98. The van der Waals surface area contributed by atoms with E-state index >= 15 is 0 Å². The Labute approximate surface area is 106 Å². The van der Waals surface area contributed by atoms with Crippen molar-refractivity contribution in [2.45, 2.75) is 6.42 Å². The smallest absolute Gasteiger partial charge is 0.163 e. The maximum absolute atomic E-state index is 4.44. The van der Waals surface area contributed by atoms with Gasteiger partial charge in [-0.25, -0.2) is 9.97 Å². The van der Waals surface area contributed by atoms with E-state index in [-0.39, 0.29) is 0 Å². The van der Waals surface area contributed by atoms with Gasteiger partial charge < -0.3 is 10.2 Å². The number of aryl methyl sites for hydroxylation is 1. The SMILES string of the molecule is CNCC1CCN(c2ncnc3c2cnn3C)C1. The molecule has 0 bridgehead atoms. The number of hydrogen-bond acceptors (Lipinski definition) is 5. The van der Waals surface area contributed by atoms with Gasteiger partial charge in [-0.3, -0.25) is 4.68 Å². The first kappa shape index (κ1) is 11.4. The largest absolute Gasteiger partial charge is 0.356 e. The molecule has 1 fully saturated rings. The van der Waals surface area contributed by atoms with E-state index in [4.69, 9.17) is 0 Å². The zero-order valence-corrected chi connectivity index (χ0v) is 10.8. The van der Waals surface area contributed by atoms with E-state index in [2.05, 4.69) is 25.3 Å². The van der Waals surface area contributed by atoms with Gasteiger partial charge in [-0.2, -0.15) is 5.10 Å². The van der Waals surface area contributed by atoms with Crippen molar-refractivity contribution in [2.75, 3.05) is 31.6 Å². The van der Waals surface area contributed by atoms with Crippen LogP contribution >= 0.6 is 0 Å². The van der Waals surface area contributed by atoms with Crippen LogP contribution in [0.3, 0.4) is 0 Å². The van der Waals surface area contributed by atoms with E-state index in [0.29, 0.717) is 5.92 Å². The van der Waals surface area contributed by atoms with Crippen molar-refractivity contribution < 1.29 is 0 Å². The predicted octanol–water partition coefficient (Wildman–Crippen LogP) is 0.409. The molecule has 1 N–H and O–H groups in total. The lowest BCUT2D eigenvalue weighted by molar-refractivity contribution is 0.549. The maximum atomic E-state index is 4.44.